The van der Waals surface area contributed by atoms with Gasteiger partial charge in [-0.1, -0.05) is 6.08 Å². The first-order valence-electron chi connectivity index (χ1n) is 6.59. The van der Waals surface area contributed by atoms with Gasteiger partial charge >= 0.3 is 0 Å². The van der Waals surface area contributed by atoms with Crippen molar-refractivity contribution in [2.24, 2.45) is 5.92 Å². The number of pyridine rings is 1. The zero-order valence-corrected chi connectivity index (χ0v) is 10.6. The van der Waals surface area contributed by atoms with Gasteiger partial charge in [-0.05, 0) is 55.9 Å². The molecule has 2 atom stereocenters. The number of nitriles is 1. The largest absolute Gasteiger partial charge is 0.310 e. The third kappa shape index (κ3) is 1.93. The van der Waals surface area contributed by atoms with Crippen molar-refractivity contribution in [1.29, 1.82) is 5.26 Å². The van der Waals surface area contributed by atoms with Crippen LogP contribution in [0, 0.1) is 24.2 Å². The summed E-state index contributed by atoms with van der Waals surface area (Å²) in [4.78, 5) is 4.33. The maximum atomic E-state index is 9.07. The molecular weight excluding hydrogens is 222 g/mol. The topological polar surface area (TPSA) is 48.7 Å². The van der Waals surface area contributed by atoms with Crippen molar-refractivity contribution in [2.45, 2.75) is 32.2 Å². The minimum absolute atomic E-state index is 0.528. The molecule has 92 valence electrons. The second-order valence-electron chi connectivity index (χ2n) is 5.23. The lowest BCUT2D eigenvalue weighted by Gasteiger charge is -2.24. The number of rotatable bonds is 1. The van der Waals surface area contributed by atoms with E-state index in [2.05, 4.69) is 22.4 Å². The summed E-state index contributed by atoms with van der Waals surface area (Å²) in [5, 5.41) is 12.6. The Kier molecular flexibility index (Phi) is 2.89. The van der Waals surface area contributed by atoms with E-state index >= 15 is 0 Å². The van der Waals surface area contributed by atoms with Crippen LogP contribution in [0.4, 0.5) is 0 Å². The van der Waals surface area contributed by atoms with Gasteiger partial charge in [-0.3, -0.25) is 4.98 Å². The molecule has 0 bridgehead atoms. The van der Waals surface area contributed by atoms with Crippen molar-refractivity contribution in [3.8, 4) is 6.07 Å². The van der Waals surface area contributed by atoms with Gasteiger partial charge in [-0.2, -0.15) is 5.26 Å². The SMILES string of the molecule is Cc1ncc(C2=C[C@H]3NCC[C@H]3CC2)cc1C#N. The van der Waals surface area contributed by atoms with Crippen LogP contribution in [-0.4, -0.2) is 17.6 Å². The minimum atomic E-state index is 0.528. The predicted octanol–water partition coefficient (Wildman–Crippen LogP) is 2.42. The van der Waals surface area contributed by atoms with Crippen LogP contribution in [0.25, 0.3) is 5.57 Å². The highest BCUT2D eigenvalue weighted by molar-refractivity contribution is 5.68. The first kappa shape index (κ1) is 11.4. The smallest absolute Gasteiger partial charge is 0.101 e. The highest BCUT2D eigenvalue weighted by Gasteiger charge is 2.29. The fourth-order valence-corrected chi connectivity index (χ4v) is 3.00. The number of hydrogen-bond donors (Lipinski definition) is 1. The van der Waals surface area contributed by atoms with Crippen LogP contribution in [0.1, 0.15) is 36.1 Å². The molecule has 3 nitrogen and oxygen atoms in total. The number of nitrogens with one attached hydrogen (secondary N) is 1. The lowest BCUT2D eigenvalue weighted by molar-refractivity contribution is 0.465. The summed E-state index contributed by atoms with van der Waals surface area (Å²) in [6.45, 7) is 3.01. The maximum absolute atomic E-state index is 9.07. The van der Waals surface area contributed by atoms with Crippen LogP contribution < -0.4 is 5.32 Å². The Morgan fingerprint density at radius 1 is 1.44 bits per heavy atom. The molecule has 0 aromatic carbocycles. The summed E-state index contributed by atoms with van der Waals surface area (Å²) in [6, 6.07) is 4.72. The molecule has 0 amide bonds. The van der Waals surface area contributed by atoms with Crippen molar-refractivity contribution in [1.82, 2.24) is 10.3 Å². The quantitative estimate of drug-likeness (QED) is 0.818. The van der Waals surface area contributed by atoms with E-state index in [1.807, 2.05) is 19.2 Å². The molecular formula is C15H17N3. The molecule has 1 saturated heterocycles. The molecule has 0 radical (unpaired) electrons. The third-order valence-corrected chi connectivity index (χ3v) is 4.15. The Balaban J connectivity index is 1.93. The number of aromatic nitrogens is 1. The van der Waals surface area contributed by atoms with E-state index < -0.39 is 0 Å². The van der Waals surface area contributed by atoms with Gasteiger partial charge in [0, 0.05) is 12.2 Å². The first-order chi connectivity index (χ1) is 8.78. The first-order valence-corrected chi connectivity index (χ1v) is 6.59. The summed E-state index contributed by atoms with van der Waals surface area (Å²) in [5.74, 6) is 0.808. The third-order valence-electron chi connectivity index (χ3n) is 4.15. The highest BCUT2D eigenvalue weighted by Crippen LogP contribution is 2.34. The molecule has 1 aromatic rings. The number of allylic oxidation sites excluding steroid dienone is 1. The molecule has 1 N–H and O–H groups in total. The van der Waals surface area contributed by atoms with E-state index in [-0.39, 0.29) is 0 Å². The van der Waals surface area contributed by atoms with Gasteiger partial charge in [-0.15, -0.1) is 0 Å². The maximum Gasteiger partial charge on any atom is 0.101 e. The number of hydrogen-bond acceptors (Lipinski definition) is 3. The monoisotopic (exact) mass is 239 g/mol. The number of fused-ring (bicyclic) bond motifs is 1. The van der Waals surface area contributed by atoms with Gasteiger partial charge in [0.05, 0.1) is 11.3 Å². The van der Waals surface area contributed by atoms with E-state index in [1.165, 1.54) is 18.4 Å². The Morgan fingerprint density at radius 2 is 2.33 bits per heavy atom. The van der Waals surface area contributed by atoms with Crippen molar-refractivity contribution >= 4 is 5.57 Å². The average molecular weight is 239 g/mol. The second kappa shape index (κ2) is 4.55. The Hall–Kier alpha value is -1.66. The van der Waals surface area contributed by atoms with Crippen LogP contribution in [0.15, 0.2) is 18.3 Å². The van der Waals surface area contributed by atoms with Crippen LogP contribution in [0.3, 0.4) is 0 Å². The molecule has 1 aliphatic heterocycles. The van der Waals surface area contributed by atoms with Gasteiger partial charge in [0.25, 0.3) is 0 Å². The van der Waals surface area contributed by atoms with E-state index in [0.29, 0.717) is 11.6 Å². The zero-order valence-electron chi connectivity index (χ0n) is 10.6. The van der Waals surface area contributed by atoms with Crippen molar-refractivity contribution in [3.63, 3.8) is 0 Å². The molecule has 0 saturated carbocycles. The van der Waals surface area contributed by atoms with E-state index in [0.717, 1.165) is 30.1 Å². The Morgan fingerprint density at radius 3 is 3.17 bits per heavy atom. The van der Waals surface area contributed by atoms with Crippen molar-refractivity contribution in [2.75, 3.05) is 6.54 Å². The molecule has 0 unspecified atom stereocenters. The standard InChI is InChI=1S/C15H17N3/c1-10-13(8-16)6-14(9-18-10)12-3-2-11-4-5-17-15(11)7-12/h6-7,9,11,15,17H,2-5H2,1H3/t11-,15-/m1/s1. The van der Waals surface area contributed by atoms with Gasteiger partial charge in [0.2, 0.25) is 0 Å². The Labute approximate surface area is 108 Å². The zero-order chi connectivity index (χ0) is 12.5. The molecule has 2 heterocycles. The summed E-state index contributed by atoms with van der Waals surface area (Å²) in [5.41, 5.74) is 3.96. The van der Waals surface area contributed by atoms with Gasteiger partial charge < -0.3 is 5.32 Å². The average Bonchev–Trinajstić information content (AvgIpc) is 2.86. The van der Waals surface area contributed by atoms with Crippen LogP contribution >= 0.6 is 0 Å². The van der Waals surface area contributed by atoms with E-state index in [4.69, 9.17) is 5.26 Å². The summed E-state index contributed by atoms with van der Waals surface area (Å²) in [7, 11) is 0. The highest BCUT2D eigenvalue weighted by atomic mass is 14.9. The Bertz CT molecular complexity index is 539. The molecule has 1 aromatic heterocycles. The molecule has 1 fully saturated rings. The fraction of sp³-hybridized carbons (Fsp3) is 0.467. The molecule has 18 heavy (non-hydrogen) atoms. The van der Waals surface area contributed by atoms with E-state index in [1.54, 1.807) is 0 Å². The molecule has 3 heteroatoms. The van der Waals surface area contributed by atoms with Crippen molar-refractivity contribution in [3.05, 3.63) is 35.2 Å². The fourth-order valence-electron chi connectivity index (χ4n) is 3.00. The molecule has 2 aliphatic rings. The lowest BCUT2D eigenvalue weighted by Crippen LogP contribution is -2.27. The van der Waals surface area contributed by atoms with Crippen molar-refractivity contribution < 1.29 is 0 Å². The number of nitrogens with zero attached hydrogens (tertiary/aromatic N) is 2. The molecule has 3 rings (SSSR count). The predicted molar refractivity (Wildman–Crippen MR) is 70.8 cm³/mol. The molecule has 1 aliphatic carbocycles. The minimum Gasteiger partial charge on any atom is -0.310 e. The summed E-state index contributed by atoms with van der Waals surface area (Å²) >= 11 is 0. The van der Waals surface area contributed by atoms with Gasteiger partial charge in [0.1, 0.15) is 6.07 Å². The second-order valence-corrected chi connectivity index (χ2v) is 5.23. The summed E-state index contributed by atoms with van der Waals surface area (Å²) in [6.07, 6.45) is 7.90. The normalized spacial score (nSPS) is 26.3. The summed E-state index contributed by atoms with van der Waals surface area (Å²) < 4.78 is 0. The van der Waals surface area contributed by atoms with Crippen LogP contribution in [0.5, 0.6) is 0 Å². The molecule has 0 spiro atoms. The van der Waals surface area contributed by atoms with Crippen LogP contribution in [-0.2, 0) is 0 Å². The van der Waals surface area contributed by atoms with E-state index in [9.17, 15) is 0 Å². The lowest BCUT2D eigenvalue weighted by atomic mass is 9.84. The van der Waals surface area contributed by atoms with Crippen LogP contribution in [0.2, 0.25) is 0 Å². The number of aryl methyl sites for hydroxylation is 1. The van der Waals surface area contributed by atoms with Gasteiger partial charge in [-0.25, -0.2) is 0 Å². The van der Waals surface area contributed by atoms with Gasteiger partial charge in [0.15, 0.2) is 0 Å².